The van der Waals surface area contributed by atoms with Gasteiger partial charge in [-0.05, 0) is 42.0 Å². The van der Waals surface area contributed by atoms with Gasteiger partial charge in [0.15, 0.2) is 6.04 Å². The van der Waals surface area contributed by atoms with Crippen LogP contribution in [0, 0.1) is 0 Å². The van der Waals surface area contributed by atoms with Gasteiger partial charge in [-0.1, -0.05) is 58.4 Å². The second-order valence-electron chi connectivity index (χ2n) is 7.06. The number of amides is 1. The maximum absolute atomic E-state index is 13.0. The van der Waals surface area contributed by atoms with Gasteiger partial charge in [0.05, 0.1) is 17.1 Å². The molecule has 0 spiro atoms. The number of hydrazone groups is 1. The number of benzene rings is 3. The Morgan fingerprint density at radius 2 is 1.81 bits per heavy atom. The summed E-state index contributed by atoms with van der Waals surface area (Å²) >= 11 is 4.81. The van der Waals surface area contributed by atoms with Crippen LogP contribution in [-0.2, 0) is 4.79 Å². The van der Waals surface area contributed by atoms with Gasteiger partial charge in [0.25, 0.3) is 5.91 Å². The van der Waals surface area contributed by atoms with E-state index in [1.165, 1.54) is 16.3 Å². The van der Waals surface area contributed by atoms with Crippen molar-refractivity contribution >= 4 is 60.5 Å². The van der Waals surface area contributed by atoms with Crippen LogP contribution in [0.4, 0.5) is 10.8 Å². The highest BCUT2D eigenvalue weighted by molar-refractivity contribution is 9.10. The lowest BCUT2D eigenvalue weighted by Crippen LogP contribution is -2.29. The van der Waals surface area contributed by atoms with Gasteiger partial charge in [-0.3, -0.25) is 4.79 Å². The molecular formula is C23H16BrN5OS. The van der Waals surface area contributed by atoms with Gasteiger partial charge in [-0.15, -0.1) is 11.3 Å². The van der Waals surface area contributed by atoms with Crippen molar-refractivity contribution in [1.82, 2.24) is 4.98 Å². The lowest BCUT2D eigenvalue weighted by atomic mass is 10.1. The van der Waals surface area contributed by atoms with E-state index in [0.717, 1.165) is 26.5 Å². The van der Waals surface area contributed by atoms with E-state index in [4.69, 9.17) is 0 Å². The normalized spacial score (nSPS) is 16.5. The summed E-state index contributed by atoms with van der Waals surface area (Å²) in [5.74, 6) is -0.251. The van der Waals surface area contributed by atoms with E-state index in [0.29, 0.717) is 16.5 Å². The molecule has 152 valence electrons. The first kappa shape index (κ1) is 19.7. The molecule has 1 atom stereocenters. The zero-order valence-electron chi connectivity index (χ0n) is 16.4. The molecule has 1 aromatic heterocycles. The number of hydrogen-bond donors (Lipinski definition) is 0. The van der Waals surface area contributed by atoms with Crippen LogP contribution >= 0.6 is 27.3 Å². The van der Waals surface area contributed by atoms with E-state index in [-0.39, 0.29) is 5.91 Å². The fourth-order valence-corrected chi connectivity index (χ4v) is 4.36. The molecule has 31 heavy (non-hydrogen) atoms. The molecule has 0 radical (unpaired) electrons. The number of halogens is 1. The van der Waals surface area contributed by atoms with Gasteiger partial charge in [-0.2, -0.15) is 20.3 Å². The van der Waals surface area contributed by atoms with Crippen molar-refractivity contribution < 1.29 is 4.79 Å². The van der Waals surface area contributed by atoms with Gasteiger partial charge >= 0.3 is 0 Å². The second-order valence-corrected chi connectivity index (χ2v) is 8.82. The zero-order valence-corrected chi connectivity index (χ0v) is 18.8. The van der Waals surface area contributed by atoms with E-state index >= 15 is 0 Å². The molecule has 2 heterocycles. The monoisotopic (exact) mass is 489 g/mol. The molecule has 1 amide bonds. The van der Waals surface area contributed by atoms with Crippen molar-refractivity contribution in [2.45, 2.75) is 13.0 Å². The van der Waals surface area contributed by atoms with E-state index in [1.54, 1.807) is 6.92 Å². The lowest BCUT2D eigenvalue weighted by Gasteiger charge is -2.08. The van der Waals surface area contributed by atoms with Crippen LogP contribution in [0.1, 0.15) is 6.92 Å². The lowest BCUT2D eigenvalue weighted by molar-refractivity contribution is -0.117. The number of azo groups is 1. The summed E-state index contributed by atoms with van der Waals surface area (Å²) < 4.78 is 1.00. The van der Waals surface area contributed by atoms with E-state index in [1.807, 2.05) is 72.1 Å². The number of thiazole rings is 1. The van der Waals surface area contributed by atoms with Gasteiger partial charge in [0.1, 0.15) is 0 Å². The Labute approximate surface area is 191 Å². The molecule has 0 saturated carbocycles. The SMILES string of the molecule is CC1=NN(c2nc(-c3ccc(Br)cc3)cs2)C(=O)C1N=Nc1ccc2ccccc2c1. The number of aromatic nitrogens is 1. The van der Waals surface area contributed by atoms with Crippen LogP contribution in [0.2, 0.25) is 0 Å². The van der Waals surface area contributed by atoms with E-state index in [2.05, 4.69) is 36.2 Å². The highest BCUT2D eigenvalue weighted by Gasteiger charge is 2.36. The number of carbonyl (C=O) groups excluding carboxylic acids is 1. The molecule has 5 rings (SSSR count). The average Bonchev–Trinajstić information content (AvgIpc) is 3.37. The minimum atomic E-state index is -0.744. The minimum absolute atomic E-state index is 0.251. The Kier molecular flexibility index (Phi) is 5.17. The van der Waals surface area contributed by atoms with Crippen LogP contribution in [0.15, 0.2) is 91.9 Å². The van der Waals surface area contributed by atoms with Gasteiger partial charge in [-0.25, -0.2) is 4.98 Å². The van der Waals surface area contributed by atoms with Crippen molar-refractivity contribution in [2.24, 2.45) is 15.3 Å². The Morgan fingerprint density at radius 1 is 1.03 bits per heavy atom. The summed E-state index contributed by atoms with van der Waals surface area (Å²) in [5, 5.41) is 19.0. The maximum atomic E-state index is 13.0. The molecule has 3 aromatic carbocycles. The van der Waals surface area contributed by atoms with Crippen molar-refractivity contribution in [2.75, 3.05) is 5.01 Å². The molecule has 0 aliphatic carbocycles. The standard InChI is InChI=1S/C23H16BrN5OS/c1-14-21(27-26-19-11-8-15-4-2-3-5-17(15)12-19)22(30)29(28-14)23-25-20(13-31-23)16-6-9-18(24)10-7-16/h2-13,21H,1H3. The molecule has 0 N–H and O–H groups in total. The van der Waals surface area contributed by atoms with Gasteiger partial charge in [0, 0.05) is 15.4 Å². The smallest absolute Gasteiger partial charge is 0.269 e. The number of nitrogens with zero attached hydrogens (tertiary/aromatic N) is 5. The second kappa shape index (κ2) is 8.13. The molecular weight excluding hydrogens is 474 g/mol. The first-order chi connectivity index (χ1) is 15.1. The van der Waals surface area contributed by atoms with Crippen LogP contribution in [-0.4, -0.2) is 22.6 Å². The fourth-order valence-electron chi connectivity index (χ4n) is 3.30. The molecule has 1 aliphatic rings. The topological polar surface area (TPSA) is 70.3 Å². The highest BCUT2D eigenvalue weighted by Crippen LogP contribution is 2.31. The Bertz CT molecular complexity index is 1350. The summed E-state index contributed by atoms with van der Waals surface area (Å²) in [6.07, 6.45) is 0. The Hall–Kier alpha value is -3.23. The largest absolute Gasteiger partial charge is 0.282 e. The predicted molar refractivity (Wildman–Crippen MR) is 128 cm³/mol. The summed E-state index contributed by atoms with van der Waals surface area (Å²) in [6, 6.07) is 21.0. The minimum Gasteiger partial charge on any atom is -0.269 e. The molecule has 6 nitrogen and oxygen atoms in total. The van der Waals surface area contributed by atoms with Gasteiger partial charge in [0.2, 0.25) is 5.13 Å². The van der Waals surface area contributed by atoms with Crippen molar-refractivity contribution in [1.29, 1.82) is 0 Å². The van der Waals surface area contributed by atoms with Crippen molar-refractivity contribution in [3.05, 3.63) is 76.6 Å². The molecule has 1 unspecified atom stereocenters. The number of carbonyl (C=O) groups is 1. The number of hydrogen-bond acceptors (Lipinski definition) is 6. The summed E-state index contributed by atoms with van der Waals surface area (Å²) in [6.45, 7) is 1.78. The van der Waals surface area contributed by atoms with Crippen molar-refractivity contribution in [3.8, 4) is 11.3 Å². The Morgan fingerprint density at radius 3 is 2.61 bits per heavy atom. The van der Waals surface area contributed by atoms with Crippen molar-refractivity contribution in [3.63, 3.8) is 0 Å². The number of anilines is 1. The fraction of sp³-hybridized carbons (Fsp3) is 0.0870. The molecule has 0 saturated heterocycles. The maximum Gasteiger partial charge on any atom is 0.282 e. The molecule has 0 fully saturated rings. The van der Waals surface area contributed by atoms with Crippen LogP contribution in [0.25, 0.3) is 22.0 Å². The van der Waals surface area contributed by atoms with Gasteiger partial charge < -0.3 is 0 Å². The average molecular weight is 490 g/mol. The molecule has 0 bridgehead atoms. The number of fused-ring (bicyclic) bond motifs is 1. The molecule has 1 aliphatic heterocycles. The number of rotatable bonds is 4. The summed E-state index contributed by atoms with van der Waals surface area (Å²) in [4.78, 5) is 17.6. The van der Waals surface area contributed by atoms with E-state index < -0.39 is 6.04 Å². The van der Waals surface area contributed by atoms with E-state index in [9.17, 15) is 4.79 Å². The third-order valence-electron chi connectivity index (χ3n) is 4.93. The first-order valence-corrected chi connectivity index (χ1v) is 11.3. The third kappa shape index (κ3) is 3.92. The van der Waals surface area contributed by atoms with Crippen LogP contribution in [0.3, 0.4) is 0 Å². The molecule has 8 heteroatoms. The van der Waals surface area contributed by atoms with Crippen LogP contribution < -0.4 is 5.01 Å². The Balaban J connectivity index is 1.36. The molecule has 4 aromatic rings. The quantitative estimate of drug-likeness (QED) is 0.303. The zero-order chi connectivity index (χ0) is 21.4. The third-order valence-corrected chi connectivity index (χ3v) is 6.28. The first-order valence-electron chi connectivity index (χ1n) is 9.59. The summed E-state index contributed by atoms with van der Waals surface area (Å²) in [5.41, 5.74) is 3.07. The summed E-state index contributed by atoms with van der Waals surface area (Å²) in [7, 11) is 0. The highest BCUT2D eigenvalue weighted by atomic mass is 79.9. The predicted octanol–water partition coefficient (Wildman–Crippen LogP) is 6.60. The van der Waals surface area contributed by atoms with Crippen LogP contribution in [0.5, 0.6) is 0 Å².